The van der Waals surface area contributed by atoms with E-state index in [0.717, 1.165) is 5.52 Å². The average molecular weight is 268 g/mol. The molecule has 0 aliphatic carbocycles. The molecule has 2 rings (SSSR count). The zero-order valence-electron chi connectivity index (χ0n) is 7.45. The second-order valence-electron chi connectivity index (χ2n) is 3.00. The number of aromatic nitrogens is 1. The highest BCUT2D eigenvalue weighted by Gasteiger charge is 2.19. The van der Waals surface area contributed by atoms with Gasteiger partial charge in [-0.05, 0) is 12.1 Å². The summed E-state index contributed by atoms with van der Waals surface area (Å²) in [7, 11) is 0. The monoisotopic (exact) mass is 267 g/mol. The zero-order valence-corrected chi connectivity index (χ0v) is 9.04. The van der Waals surface area contributed by atoms with E-state index >= 15 is 0 Å². The number of rotatable bonds is 2. The van der Waals surface area contributed by atoms with Crippen LogP contribution in [0.4, 0.5) is 0 Å². The number of H-pyrrole nitrogens is 1. The number of carbonyl (C=O) groups is 2. The van der Waals surface area contributed by atoms with Crippen LogP contribution in [0.1, 0.15) is 10.4 Å². The maximum absolute atomic E-state index is 11.3. The van der Waals surface area contributed by atoms with Crippen molar-refractivity contribution in [1.82, 2.24) is 4.98 Å². The molecule has 76 valence electrons. The van der Waals surface area contributed by atoms with Crippen LogP contribution in [-0.4, -0.2) is 21.8 Å². The predicted octanol–water partition coefficient (Wildman–Crippen LogP) is 2.20. The van der Waals surface area contributed by atoms with Gasteiger partial charge < -0.3 is 10.1 Å². The molecule has 2 aromatic rings. The van der Waals surface area contributed by atoms with Crippen molar-refractivity contribution < 1.29 is 14.7 Å². The van der Waals surface area contributed by atoms with Gasteiger partial charge in [-0.2, -0.15) is 0 Å². The lowest BCUT2D eigenvalue weighted by Crippen LogP contribution is -2.12. The number of Topliss-reactive ketones (excluding diaryl/α,β-unsaturated/α-hetero) is 1. The van der Waals surface area contributed by atoms with Crippen LogP contribution in [0.25, 0.3) is 10.9 Å². The number of nitrogens with one attached hydrogen (secondary N) is 1. The van der Waals surface area contributed by atoms with Gasteiger partial charge in [-0.25, -0.2) is 4.79 Å². The smallest absolute Gasteiger partial charge is 0.377 e. The van der Waals surface area contributed by atoms with Crippen molar-refractivity contribution in [3.05, 3.63) is 34.4 Å². The number of hydrogen-bond acceptors (Lipinski definition) is 2. The largest absolute Gasteiger partial charge is 0.475 e. The Morgan fingerprint density at radius 3 is 2.73 bits per heavy atom. The molecule has 0 aliphatic heterocycles. The highest BCUT2D eigenvalue weighted by Crippen LogP contribution is 2.27. The minimum atomic E-state index is -1.45. The Labute approximate surface area is 93.0 Å². The van der Waals surface area contributed by atoms with Crippen molar-refractivity contribution in [3.63, 3.8) is 0 Å². The van der Waals surface area contributed by atoms with Gasteiger partial charge >= 0.3 is 5.97 Å². The highest BCUT2D eigenvalue weighted by atomic mass is 79.9. The molecule has 2 N–H and O–H groups in total. The Hall–Kier alpha value is -1.62. The molecule has 4 nitrogen and oxygen atoms in total. The number of hydrogen-bond donors (Lipinski definition) is 2. The molecule has 0 amide bonds. The molecular formula is C10H6BrNO3. The lowest BCUT2D eigenvalue weighted by atomic mass is 10.1. The number of carbonyl (C=O) groups excluding carboxylic acids is 1. The van der Waals surface area contributed by atoms with Crippen LogP contribution in [0, 0.1) is 0 Å². The molecule has 0 saturated heterocycles. The number of ketones is 1. The average Bonchev–Trinajstić information content (AvgIpc) is 2.61. The van der Waals surface area contributed by atoms with Crippen LogP contribution < -0.4 is 0 Å². The molecule has 0 unspecified atom stereocenters. The Kier molecular flexibility index (Phi) is 2.32. The first-order chi connectivity index (χ1) is 7.11. The molecule has 0 aliphatic rings. The topological polar surface area (TPSA) is 70.2 Å². The van der Waals surface area contributed by atoms with Gasteiger partial charge in [0.25, 0.3) is 5.78 Å². The lowest BCUT2D eigenvalue weighted by Gasteiger charge is -1.96. The lowest BCUT2D eigenvalue weighted by molar-refractivity contribution is -0.131. The molecular weight excluding hydrogens is 262 g/mol. The van der Waals surface area contributed by atoms with E-state index in [1.807, 2.05) is 0 Å². The van der Waals surface area contributed by atoms with Gasteiger partial charge in [0.05, 0.1) is 5.56 Å². The van der Waals surface area contributed by atoms with Gasteiger partial charge in [0.1, 0.15) is 0 Å². The number of benzene rings is 1. The minimum Gasteiger partial charge on any atom is -0.475 e. The van der Waals surface area contributed by atoms with Gasteiger partial charge in [-0.15, -0.1) is 0 Å². The van der Waals surface area contributed by atoms with Gasteiger partial charge in [0.2, 0.25) is 0 Å². The van der Waals surface area contributed by atoms with Crippen LogP contribution in [0.3, 0.4) is 0 Å². The van der Waals surface area contributed by atoms with Crippen molar-refractivity contribution >= 4 is 38.6 Å². The minimum absolute atomic E-state index is 0.171. The number of fused-ring (bicyclic) bond motifs is 1. The van der Waals surface area contributed by atoms with Crippen LogP contribution in [0.5, 0.6) is 0 Å². The van der Waals surface area contributed by atoms with E-state index in [-0.39, 0.29) is 5.56 Å². The summed E-state index contributed by atoms with van der Waals surface area (Å²) in [5.74, 6) is -2.36. The summed E-state index contributed by atoms with van der Waals surface area (Å²) in [4.78, 5) is 24.8. The van der Waals surface area contributed by atoms with E-state index in [1.165, 1.54) is 6.20 Å². The van der Waals surface area contributed by atoms with Crippen molar-refractivity contribution in [2.45, 2.75) is 0 Å². The van der Waals surface area contributed by atoms with Crippen LogP contribution in [0.15, 0.2) is 28.9 Å². The van der Waals surface area contributed by atoms with Crippen LogP contribution in [-0.2, 0) is 4.79 Å². The molecule has 1 heterocycles. The van der Waals surface area contributed by atoms with E-state index in [2.05, 4.69) is 20.9 Å². The van der Waals surface area contributed by atoms with Gasteiger partial charge in [-0.3, -0.25) is 4.79 Å². The summed E-state index contributed by atoms with van der Waals surface area (Å²) in [5, 5.41) is 9.23. The Morgan fingerprint density at radius 2 is 2.07 bits per heavy atom. The third kappa shape index (κ3) is 1.55. The molecule has 0 atom stereocenters. The molecule has 0 bridgehead atoms. The van der Waals surface area contributed by atoms with Gasteiger partial charge in [-0.1, -0.05) is 22.0 Å². The molecule has 5 heteroatoms. The standard InChI is InChI=1S/C10H6BrNO3/c11-6-2-1-3-7-8(6)5(4-12-7)9(13)10(14)15/h1-4,12H,(H,14,15). The first-order valence-corrected chi connectivity index (χ1v) is 4.94. The molecule has 0 fully saturated rings. The highest BCUT2D eigenvalue weighted by molar-refractivity contribution is 9.10. The molecule has 0 saturated carbocycles. The molecule has 1 aromatic carbocycles. The molecule has 0 radical (unpaired) electrons. The van der Waals surface area contributed by atoms with Crippen LogP contribution >= 0.6 is 15.9 Å². The summed E-state index contributed by atoms with van der Waals surface area (Å²) in [5.41, 5.74) is 0.902. The van der Waals surface area contributed by atoms with Gasteiger partial charge in [0, 0.05) is 21.6 Å². The fourth-order valence-electron chi connectivity index (χ4n) is 1.43. The van der Waals surface area contributed by atoms with E-state index < -0.39 is 11.8 Å². The molecule has 15 heavy (non-hydrogen) atoms. The number of aliphatic carboxylic acids is 1. The normalized spacial score (nSPS) is 10.5. The molecule has 1 aromatic heterocycles. The predicted molar refractivity (Wildman–Crippen MR) is 58.0 cm³/mol. The van der Waals surface area contributed by atoms with Gasteiger partial charge in [0.15, 0.2) is 0 Å². The van der Waals surface area contributed by atoms with E-state index in [9.17, 15) is 9.59 Å². The second-order valence-corrected chi connectivity index (χ2v) is 3.85. The van der Waals surface area contributed by atoms with E-state index in [4.69, 9.17) is 5.11 Å². The maximum Gasteiger partial charge on any atom is 0.377 e. The molecule has 0 spiro atoms. The summed E-state index contributed by atoms with van der Waals surface area (Å²) < 4.78 is 0.700. The summed E-state index contributed by atoms with van der Waals surface area (Å²) in [6.07, 6.45) is 1.41. The van der Waals surface area contributed by atoms with Crippen molar-refractivity contribution in [1.29, 1.82) is 0 Å². The first kappa shape index (κ1) is 9.92. The first-order valence-electron chi connectivity index (χ1n) is 4.14. The number of carboxylic acids is 1. The Morgan fingerprint density at radius 1 is 1.33 bits per heavy atom. The summed E-state index contributed by atoms with van der Waals surface area (Å²) >= 11 is 3.28. The number of carboxylic acid groups (broad SMARTS) is 1. The van der Waals surface area contributed by atoms with Crippen molar-refractivity contribution in [2.24, 2.45) is 0 Å². The zero-order chi connectivity index (χ0) is 11.0. The van der Waals surface area contributed by atoms with E-state index in [1.54, 1.807) is 18.2 Å². The van der Waals surface area contributed by atoms with E-state index in [0.29, 0.717) is 9.86 Å². The van der Waals surface area contributed by atoms with Crippen molar-refractivity contribution in [3.8, 4) is 0 Å². The third-order valence-electron chi connectivity index (χ3n) is 2.09. The van der Waals surface area contributed by atoms with Crippen molar-refractivity contribution in [2.75, 3.05) is 0 Å². The van der Waals surface area contributed by atoms with Crippen LogP contribution in [0.2, 0.25) is 0 Å². The Balaban J connectivity index is 2.73. The summed E-state index contributed by atoms with van der Waals surface area (Å²) in [6, 6.07) is 5.34. The third-order valence-corrected chi connectivity index (χ3v) is 2.75. The fraction of sp³-hybridized carbons (Fsp3) is 0. The second kappa shape index (κ2) is 3.51. The number of halogens is 1. The maximum atomic E-state index is 11.3. The quantitative estimate of drug-likeness (QED) is 0.648. The Bertz CT molecular complexity index is 559. The SMILES string of the molecule is O=C(O)C(=O)c1c[nH]c2cccc(Br)c12. The number of aromatic amines is 1. The summed E-state index contributed by atoms with van der Waals surface area (Å²) in [6.45, 7) is 0. The fourth-order valence-corrected chi connectivity index (χ4v) is 2.01.